The van der Waals surface area contributed by atoms with Crippen molar-refractivity contribution in [2.45, 2.75) is 6.42 Å². The number of fused-ring (bicyclic) bond motifs is 1. The zero-order chi connectivity index (χ0) is 10.5. The predicted molar refractivity (Wildman–Crippen MR) is 62.7 cm³/mol. The third-order valence-corrected chi connectivity index (χ3v) is 2.56. The summed E-state index contributed by atoms with van der Waals surface area (Å²) in [6.07, 6.45) is 0.946. The number of nitrogens with one attached hydrogen (secondary N) is 1. The summed E-state index contributed by atoms with van der Waals surface area (Å²) in [6.45, 7) is 0.856. The molecular weight excluding hydrogens is 186 g/mol. The van der Waals surface area contributed by atoms with E-state index in [4.69, 9.17) is 5.11 Å². The van der Waals surface area contributed by atoms with E-state index < -0.39 is 0 Å². The first-order valence-electron chi connectivity index (χ1n) is 5.20. The molecule has 0 aromatic heterocycles. The molecule has 0 aliphatic carbocycles. The van der Waals surface area contributed by atoms with Crippen molar-refractivity contribution in [1.29, 1.82) is 0 Å². The van der Waals surface area contributed by atoms with Crippen molar-refractivity contribution < 1.29 is 5.11 Å². The fourth-order valence-electron chi connectivity index (χ4n) is 1.81. The van der Waals surface area contributed by atoms with Crippen LogP contribution in [0.2, 0.25) is 0 Å². The van der Waals surface area contributed by atoms with Crippen molar-refractivity contribution in [2.24, 2.45) is 0 Å². The monoisotopic (exact) mass is 201 g/mol. The van der Waals surface area contributed by atoms with Crippen molar-refractivity contribution in [3.05, 3.63) is 48.0 Å². The Morgan fingerprint density at radius 1 is 1.00 bits per heavy atom. The van der Waals surface area contributed by atoms with Crippen LogP contribution in [0, 0.1) is 0 Å². The first-order valence-corrected chi connectivity index (χ1v) is 5.20. The Kier molecular flexibility index (Phi) is 3.33. The van der Waals surface area contributed by atoms with Crippen LogP contribution in [0.1, 0.15) is 5.56 Å². The summed E-state index contributed by atoms with van der Waals surface area (Å²) in [7, 11) is 0. The lowest BCUT2D eigenvalue weighted by atomic mass is 10.0. The van der Waals surface area contributed by atoms with Crippen molar-refractivity contribution in [3.8, 4) is 0 Å². The summed E-state index contributed by atoms with van der Waals surface area (Å²) in [6, 6.07) is 14.7. The minimum absolute atomic E-state index is 0.0464. The Hall–Kier alpha value is -1.38. The maximum atomic E-state index is 8.65. The highest BCUT2D eigenvalue weighted by Crippen LogP contribution is 2.18. The fraction of sp³-hybridized carbons (Fsp3) is 0.231. The summed E-state index contributed by atoms with van der Waals surface area (Å²) >= 11 is 0. The lowest BCUT2D eigenvalue weighted by Crippen LogP contribution is -2.17. The second-order valence-electron chi connectivity index (χ2n) is 3.55. The van der Waals surface area contributed by atoms with Crippen LogP contribution in [0.5, 0.6) is 0 Å². The molecule has 0 atom stereocenters. The molecule has 0 aliphatic rings. The van der Waals surface area contributed by atoms with E-state index in [9.17, 15) is 0 Å². The van der Waals surface area contributed by atoms with Crippen LogP contribution in [0.4, 0.5) is 0 Å². The molecular formula is C13H15NO. The van der Waals surface area contributed by atoms with Crippen LogP contribution in [0.15, 0.2) is 42.5 Å². The normalized spacial score (nSPS) is 10.7. The molecule has 2 N–H and O–H groups in total. The van der Waals surface area contributed by atoms with Gasteiger partial charge in [-0.15, -0.1) is 0 Å². The first kappa shape index (κ1) is 10.1. The van der Waals surface area contributed by atoms with E-state index in [1.807, 2.05) is 0 Å². The Morgan fingerprint density at radius 3 is 2.67 bits per heavy atom. The number of hydrogen-bond donors (Lipinski definition) is 2. The van der Waals surface area contributed by atoms with Crippen molar-refractivity contribution in [2.75, 3.05) is 13.3 Å². The van der Waals surface area contributed by atoms with E-state index in [0.29, 0.717) is 0 Å². The van der Waals surface area contributed by atoms with Crippen LogP contribution in [-0.4, -0.2) is 18.4 Å². The van der Waals surface area contributed by atoms with Gasteiger partial charge in [0, 0.05) is 6.54 Å². The quantitative estimate of drug-likeness (QED) is 0.585. The molecule has 2 nitrogen and oxygen atoms in total. The van der Waals surface area contributed by atoms with Gasteiger partial charge < -0.3 is 5.11 Å². The highest BCUT2D eigenvalue weighted by atomic mass is 16.3. The van der Waals surface area contributed by atoms with E-state index in [1.165, 1.54) is 16.3 Å². The number of rotatable bonds is 4. The molecule has 2 aromatic rings. The molecule has 0 saturated heterocycles. The minimum Gasteiger partial charge on any atom is -0.381 e. The number of benzene rings is 2. The van der Waals surface area contributed by atoms with Gasteiger partial charge in [0.05, 0.1) is 6.73 Å². The van der Waals surface area contributed by atoms with Crippen LogP contribution >= 0.6 is 0 Å². The lowest BCUT2D eigenvalue weighted by Gasteiger charge is -2.06. The van der Waals surface area contributed by atoms with Gasteiger partial charge in [-0.3, -0.25) is 5.32 Å². The standard InChI is InChI=1S/C13H15NO/c15-10-14-9-8-12-6-3-5-11-4-1-2-7-13(11)12/h1-7,14-15H,8-10H2. The molecule has 0 unspecified atom stereocenters. The van der Waals surface area contributed by atoms with Gasteiger partial charge in [0.25, 0.3) is 0 Å². The topological polar surface area (TPSA) is 32.3 Å². The van der Waals surface area contributed by atoms with Gasteiger partial charge in [0.2, 0.25) is 0 Å². The fourth-order valence-corrected chi connectivity index (χ4v) is 1.81. The molecule has 15 heavy (non-hydrogen) atoms. The first-order chi connectivity index (χ1) is 7.42. The Morgan fingerprint density at radius 2 is 1.80 bits per heavy atom. The summed E-state index contributed by atoms with van der Waals surface area (Å²) in [5.74, 6) is 0. The van der Waals surface area contributed by atoms with E-state index in [0.717, 1.165) is 13.0 Å². The van der Waals surface area contributed by atoms with Gasteiger partial charge in [-0.25, -0.2) is 0 Å². The van der Waals surface area contributed by atoms with Crippen molar-refractivity contribution in [3.63, 3.8) is 0 Å². The third kappa shape index (κ3) is 2.35. The summed E-state index contributed by atoms with van der Waals surface area (Å²) in [4.78, 5) is 0. The van der Waals surface area contributed by atoms with E-state index >= 15 is 0 Å². The van der Waals surface area contributed by atoms with E-state index in [-0.39, 0.29) is 6.73 Å². The Balaban J connectivity index is 2.26. The molecule has 0 bridgehead atoms. The summed E-state index contributed by atoms with van der Waals surface area (Å²) < 4.78 is 0. The molecule has 0 radical (unpaired) electrons. The van der Waals surface area contributed by atoms with Gasteiger partial charge >= 0.3 is 0 Å². The molecule has 78 valence electrons. The average Bonchev–Trinajstić information content (AvgIpc) is 2.30. The second kappa shape index (κ2) is 4.91. The van der Waals surface area contributed by atoms with E-state index in [1.54, 1.807) is 0 Å². The highest BCUT2D eigenvalue weighted by Gasteiger charge is 1.98. The van der Waals surface area contributed by atoms with Crippen molar-refractivity contribution >= 4 is 10.8 Å². The van der Waals surface area contributed by atoms with Gasteiger partial charge in [0.15, 0.2) is 0 Å². The predicted octanol–water partition coefficient (Wildman–Crippen LogP) is 1.92. The molecule has 2 rings (SSSR count). The molecule has 2 aromatic carbocycles. The van der Waals surface area contributed by atoms with Gasteiger partial charge in [-0.1, -0.05) is 42.5 Å². The molecule has 0 amide bonds. The van der Waals surface area contributed by atoms with Crippen LogP contribution in [0.3, 0.4) is 0 Å². The number of hydrogen-bond acceptors (Lipinski definition) is 2. The molecule has 0 saturated carbocycles. The van der Waals surface area contributed by atoms with Gasteiger partial charge in [0.1, 0.15) is 0 Å². The number of aliphatic hydroxyl groups is 1. The van der Waals surface area contributed by atoms with E-state index in [2.05, 4.69) is 47.8 Å². The molecule has 0 heterocycles. The second-order valence-corrected chi connectivity index (χ2v) is 3.55. The van der Waals surface area contributed by atoms with Crippen LogP contribution in [0.25, 0.3) is 10.8 Å². The smallest absolute Gasteiger partial charge is 0.0931 e. The van der Waals surface area contributed by atoms with Crippen molar-refractivity contribution in [1.82, 2.24) is 5.32 Å². The maximum Gasteiger partial charge on any atom is 0.0931 e. The van der Waals surface area contributed by atoms with Gasteiger partial charge in [-0.05, 0) is 22.8 Å². The maximum absolute atomic E-state index is 8.65. The summed E-state index contributed by atoms with van der Waals surface area (Å²) in [5.41, 5.74) is 1.33. The lowest BCUT2D eigenvalue weighted by molar-refractivity contribution is 0.262. The molecule has 0 fully saturated rings. The SMILES string of the molecule is OCNCCc1cccc2ccccc12. The zero-order valence-electron chi connectivity index (χ0n) is 8.61. The Labute approximate surface area is 89.6 Å². The van der Waals surface area contributed by atoms with Crippen LogP contribution < -0.4 is 5.32 Å². The molecule has 2 heteroatoms. The van der Waals surface area contributed by atoms with Crippen LogP contribution in [-0.2, 0) is 6.42 Å². The summed E-state index contributed by atoms with van der Waals surface area (Å²) in [5, 5.41) is 14.1. The Bertz CT molecular complexity index is 434. The number of aliphatic hydroxyl groups excluding tert-OH is 1. The minimum atomic E-state index is 0.0464. The zero-order valence-corrected chi connectivity index (χ0v) is 8.61. The largest absolute Gasteiger partial charge is 0.381 e. The molecule has 0 spiro atoms. The molecule has 0 aliphatic heterocycles. The van der Waals surface area contributed by atoms with Gasteiger partial charge in [-0.2, -0.15) is 0 Å². The third-order valence-electron chi connectivity index (χ3n) is 2.56. The average molecular weight is 201 g/mol. The highest BCUT2D eigenvalue weighted by molar-refractivity contribution is 5.85.